The first-order valence-corrected chi connectivity index (χ1v) is 13.4. The van der Waals surface area contributed by atoms with Crippen molar-refractivity contribution in [1.29, 1.82) is 0 Å². The van der Waals surface area contributed by atoms with Crippen molar-refractivity contribution in [2.75, 3.05) is 0 Å². The van der Waals surface area contributed by atoms with Crippen LogP contribution in [-0.2, 0) is 25.5 Å². The number of benzene rings is 1. The monoisotopic (exact) mass is 470 g/mol. The lowest BCUT2D eigenvalue weighted by molar-refractivity contribution is -0.136. The summed E-state index contributed by atoms with van der Waals surface area (Å²) in [5.74, 6) is 1.25. The minimum absolute atomic E-state index is 0.104. The van der Waals surface area contributed by atoms with Gasteiger partial charge in [0.1, 0.15) is 11.5 Å². The molecule has 0 N–H and O–H groups in total. The molecule has 1 saturated heterocycles. The zero-order valence-electron chi connectivity index (χ0n) is 20.8. The molecule has 4 atom stereocenters. The van der Waals surface area contributed by atoms with Gasteiger partial charge in [0.25, 0.3) is 0 Å². The normalized spacial score (nSPS) is 35.1. The van der Waals surface area contributed by atoms with E-state index in [0.717, 1.165) is 86.0 Å². The number of ether oxygens (including phenoxy) is 2. The van der Waals surface area contributed by atoms with Gasteiger partial charge in [-0.25, -0.2) is 9.59 Å². The maximum Gasteiger partial charge on any atom is 0.340 e. The molecule has 0 radical (unpaired) electrons. The van der Waals surface area contributed by atoms with E-state index in [2.05, 4.69) is 62.4 Å². The molecule has 1 aromatic carbocycles. The van der Waals surface area contributed by atoms with Crippen molar-refractivity contribution in [1.82, 2.24) is 0 Å². The van der Waals surface area contributed by atoms with Crippen LogP contribution in [-0.4, -0.2) is 11.9 Å². The highest BCUT2D eigenvalue weighted by atomic mass is 16.5. The van der Waals surface area contributed by atoms with Gasteiger partial charge in [0.2, 0.25) is 0 Å². The highest BCUT2D eigenvalue weighted by Gasteiger charge is 2.71. The predicted molar refractivity (Wildman–Crippen MR) is 134 cm³/mol. The van der Waals surface area contributed by atoms with E-state index in [-0.39, 0.29) is 29.2 Å². The standard InChI is InChI=1S/C31H34O4/c1-3-5-12-24-22-15-16-30(19-20-10-8-7-9-11-20)21-14-17-31(27(30)26(22)29(33)34-24)23(18-21)28(32)35-25(31)13-6-4-2/h7-13,18,21,27H,3-6,14-17,19H2,1-2H3. The third-order valence-electron chi connectivity index (χ3n) is 9.15. The van der Waals surface area contributed by atoms with E-state index in [1.165, 1.54) is 5.56 Å². The molecule has 0 amide bonds. The first-order chi connectivity index (χ1) is 17.0. The molecule has 182 valence electrons. The van der Waals surface area contributed by atoms with Gasteiger partial charge >= 0.3 is 11.9 Å². The van der Waals surface area contributed by atoms with Gasteiger partial charge in [-0.05, 0) is 74.0 Å². The molecule has 1 spiro atoms. The molecule has 1 aromatic rings. The summed E-state index contributed by atoms with van der Waals surface area (Å²) >= 11 is 0. The highest BCUT2D eigenvalue weighted by Crippen LogP contribution is 2.73. The molecule has 6 aliphatic rings. The Bertz CT molecular complexity index is 1200. The number of unbranched alkanes of at least 4 members (excludes halogenated alkanes) is 2. The van der Waals surface area contributed by atoms with Gasteiger partial charge in [0.05, 0.1) is 5.41 Å². The molecule has 1 saturated carbocycles. The zero-order valence-corrected chi connectivity index (χ0v) is 20.8. The number of carbonyl (C=O) groups is 2. The van der Waals surface area contributed by atoms with Crippen molar-refractivity contribution in [3.63, 3.8) is 0 Å². The van der Waals surface area contributed by atoms with Crippen LogP contribution in [0.2, 0.25) is 0 Å². The van der Waals surface area contributed by atoms with Crippen LogP contribution in [0.5, 0.6) is 0 Å². The third-order valence-corrected chi connectivity index (χ3v) is 9.15. The second-order valence-corrected chi connectivity index (χ2v) is 10.9. The second kappa shape index (κ2) is 8.36. The average molecular weight is 471 g/mol. The Balaban J connectivity index is 1.59. The van der Waals surface area contributed by atoms with Crippen molar-refractivity contribution in [3.8, 4) is 0 Å². The molecule has 2 aliphatic heterocycles. The fourth-order valence-electron chi connectivity index (χ4n) is 7.78. The van der Waals surface area contributed by atoms with Crippen molar-refractivity contribution < 1.29 is 19.1 Å². The van der Waals surface area contributed by atoms with Crippen LogP contribution in [0.3, 0.4) is 0 Å². The lowest BCUT2D eigenvalue weighted by Crippen LogP contribution is -2.58. The maximum absolute atomic E-state index is 13.6. The van der Waals surface area contributed by atoms with Crippen LogP contribution in [0.15, 0.2) is 76.8 Å². The number of esters is 2. The molecule has 4 heteroatoms. The Labute approximate surface area is 207 Å². The minimum atomic E-state index is -0.560. The summed E-state index contributed by atoms with van der Waals surface area (Å²) in [6.45, 7) is 4.28. The SMILES string of the molecule is CCCC=C1OC(=O)C2=C1CCC1(Cc3ccccc3)C3C=C4C(=O)OC(=CCCC)C4(CC3)C21. The van der Waals surface area contributed by atoms with Gasteiger partial charge in [-0.1, -0.05) is 63.1 Å². The Kier molecular flexibility index (Phi) is 5.39. The van der Waals surface area contributed by atoms with Crippen LogP contribution in [0.25, 0.3) is 0 Å². The van der Waals surface area contributed by atoms with Gasteiger partial charge in [0.15, 0.2) is 0 Å². The van der Waals surface area contributed by atoms with Gasteiger partial charge in [-0.15, -0.1) is 0 Å². The molecule has 4 unspecified atom stereocenters. The fraction of sp³-hybridized carbons (Fsp3) is 0.484. The second-order valence-electron chi connectivity index (χ2n) is 10.9. The van der Waals surface area contributed by atoms with E-state index in [1.54, 1.807) is 0 Å². The van der Waals surface area contributed by atoms with Crippen LogP contribution in [0.4, 0.5) is 0 Å². The third kappa shape index (κ3) is 3.11. The van der Waals surface area contributed by atoms with Crippen molar-refractivity contribution >= 4 is 11.9 Å². The molecular weight excluding hydrogens is 436 g/mol. The molecule has 4 aliphatic carbocycles. The summed E-state index contributed by atoms with van der Waals surface area (Å²) in [5.41, 5.74) is 3.28. The smallest absolute Gasteiger partial charge is 0.340 e. The summed E-state index contributed by atoms with van der Waals surface area (Å²) in [6.07, 6.45) is 14.8. The number of cyclic esters (lactones) is 2. The molecule has 2 heterocycles. The number of hydrogen-bond acceptors (Lipinski definition) is 4. The van der Waals surface area contributed by atoms with Crippen LogP contribution < -0.4 is 0 Å². The summed E-state index contributed by atoms with van der Waals surface area (Å²) in [5, 5.41) is 0. The van der Waals surface area contributed by atoms with E-state index in [0.29, 0.717) is 0 Å². The Morgan fingerprint density at radius 2 is 1.74 bits per heavy atom. The Morgan fingerprint density at radius 3 is 2.51 bits per heavy atom. The average Bonchev–Trinajstić information content (AvgIpc) is 3.35. The van der Waals surface area contributed by atoms with Crippen molar-refractivity contribution in [2.45, 2.75) is 71.6 Å². The number of fused-ring (bicyclic) bond motifs is 1. The van der Waals surface area contributed by atoms with Gasteiger partial charge in [-0.3, -0.25) is 0 Å². The largest absolute Gasteiger partial charge is 0.427 e. The van der Waals surface area contributed by atoms with Gasteiger partial charge in [0, 0.05) is 22.6 Å². The Morgan fingerprint density at radius 1 is 0.971 bits per heavy atom. The molecular formula is C31H34O4. The topological polar surface area (TPSA) is 52.6 Å². The number of rotatable bonds is 6. The quantitative estimate of drug-likeness (QED) is 0.432. The zero-order chi connectivity index (χ0) is 24.2. The molecule has 0 aromatic heterocycles. The first kappa shape index (κ1) is 22.6. The molecule has 2 fully saturated rings. The number of carbonyl (C=O) groups excluding carboxylic acids is 2. The highest BCUT2D eigenvalue weighted by molar-refractivity contribution is 6.00. The van der Waals surface area contributed by atoms with Crippen LogP contribution in [0.1, 0.15) is 70.8 Å². The van der Waals surface area contributed by atoms with E-state index in [4.69, 9.17) is 9.47 Å². The van der Waals surface area contributed by atoms with E-state index < -0.39 is 5.41 Å². The van der Waals surface area contributed by atoms with E-state index in [9.17, 15) is 9.59 Å². The van der Waals surface area contributed by atoms with Gasteiger partial charge < -0.3 is 9.47 Å². The Hall–Kier alpha value is -2.88. The van der Waals surface area contributed by atoms with Crippen LogP contribution >= 0.6 is 0 Å². The maximum atomic E-state index is 13.6. The van der Waals surface area contributed by atoms with E-state index >= 15 is 0 Å². The molecule has 2 bridgehead atoms. The summed E-state index contributed by atoms with van der Waals surface area (Å²) < 4.78 is 11.9. The summed E-state index contributed by atoms with van der Waals surface area (Å²) in [7, 11) is 0. The lowest BCUT2D eigenvalue weighted by Gasteiger charge is -2.61. The van der Waals surface area contributed by atoms with Crippen molar-refractivity contribution in [2.24, 2.45) is 22.7 Å². The number of allylic oxidation sites excluding steroid dienone is 5. The lowest BCUT2D eigenvalue weighted by atomic mass is 9.39. The number of hydrogen-bond donors (Lipinski definition) is 0. The van der Waals surface area contributed by atoms with E-state index in [1.807, 2.05) is 0 Å². The molecule has 4 nitrogen and oxygen atoms in total. The first-order valence-electron chi connectivity index (χ1n) is 13.4. The molecule has 7 rings (SSSR count). The van der Waals surface area contributed by atoms with Crippen LogP contribution in [0, 0.1) is 22.7 Å². The fourth-order valence-corrected chi connectivity index (χ4v) is 7.78. The van der Waals surface area contributed by atoms with Gasteiger partial charge in [-0.2, -0.15) is 0 Å². The minimum Gasteiger partial charge on any atom is -0.427 e. The summed E-state index contributed by atoms with van der Waals surface area (Å²) in [6, 6.07) is 10.6. The summed E-state index contributed by atoms with van der Waals surface area (Å²) in [4.78, 5) is 26.8. The van der Waals surface area contributed by atoms with Crippen molar-refractivity contribution in [3.05, 3.63) is 82.4 Å². The molecule has 35 heavy (non-hydrogen) atoms. The predicted octanol–water partition coefficient (Wildman–Crippen LogP) is 6.74.